The Hall–Kier alpha value is -3.34. The summed E-state index contributed by atoms with van der Waals surface area (Å²) in [6.07, 6.45) is 0. The Balaban J connectivity index is 2.18. The number of nitrogens with zero attached hydrogens (tertiary/aromatic N) is 2. The minimum atomic E-state index is -4.84. The molecule has 0 bridgehead atoms. The number of hydrogen-bond acceptors (Lipinski definition) is 5. The van der Waals surface area contributed by atoms with E-state index in [0.29, 0.717) is 27.8 Å². The summed E-state index contributed by atoms with van der Waals surface area (Å²) in [5.41, 5.74) is 0.293. The maximum atomic E-state index is 14.3. The Morgan fingerprint density at radius 2 is 1.68 bits per heavy atom. The molecule has 0 amide bonds. The number of methoxy groups -OCH3 is 2. The minimum Gasteiger partial charge on any atom is -0.497 e. The van der Waals surface area contributed by atoms with Crippen molar-refractivity contribution in [2.75, 3.05) is 18.5 Å². The molecule has 2 aromatic carbocycles. The van der Waals surface area contributed by atoms with Crippen LogP contribution >= 0.6 is 0 Å². The molecule has 1 aromatic heterocycles. The molecule has 0 N–H and O–H groups in total. The lowest BCUT2D eigenvalue weighted by Gasteiger charge is -2.25. The zero-order chi connectivity index (χ0) is 22.8. The second-order valence-corrected chi connectivity index (χ2v) is 8.01. The van der Waals surface area contributed by atoms with Crippen molar-refractivity contribution in [2.24, 2.45) is 0 Å². The number of sulfonamides is 1. The first-order valence-corrected chi connectivity index (χ1v) is 10.1. The average Bonchev–Trinajstić information content (AvgIpc) is 2.75. The molecular weight excluding hydrogens is 440 g/mol. The highest BCUT2D eigenvalue weighted by atomic mass is 32.2. The summed E-state index contributed by atoms with van der Waals surface area (Å²) in [7, 11) is -2.08. The third-order valence-corrected chi connectivity index (χ3v) is 6.10. The molecule has 0 atom stereocenters. The van der Waals surface area contributed by atoms with Crippen LogP contribution < -0.4 is 13.8 Å². The van der Waals surface area contributed by atoms with Crippen LogP contribution in [0.1, 0.15) is 5.56 Å². The maximum Gasteiger partial charge on any atom is 0.268 e. The Bertz CT molecular complexity index is 1220. The van der Waals surface area contributed by atoms with Gasteiger partial charge in [0.1, 0.15) is 22.2 Å². The number of aromatic nitrogens is 1. The van der Waals surface area contributed by atoms with Gasteiger partial charge in [-0.05, 0) is 36.4 Å². The van der Waals surface area contributed by atoms with E-state index in [4.69, 9.17) is 9.47 Å². The second kappa shape index (κ2) is 8.80. The monoisotopic (exact) mass is 456 g/mol. The van der Waals surface area contributed by atoms with E-state index in [9.17, 15) is 26.0 Å². The Morgan fingerprint density at radius 3 is 2.32 bits per heavy atom. The smallest absolute Gasteiger partial charge is 0.268 e. The zero-order valence-corrected chi connectivity index (χ0v) is 17.1. The van der Waals surface area contributed by atoms with Gasteiger partial charge in [0.2, 0.25) is 5.95 Å². The van der Waals surface area contributed by atoms with Crippen molar-refractivity contribution in [1.82, 2.24) is 4.98 Å². The van der Waals surface area contributed by atoms with Crippen LogP contribution in [0.3, 0.4) is 0 Å². The van der Waals surface area contributed by atoms with Gasteiger partial charge in [0.25, 0.3) is 10.0 Å². The molecule has 0 aliphatic rings. The van der Waals surface area contributed by atoms with E-state index in [0.717, 1.165) is 6.07 Å². The fourth-order valence-electron chi connectivity index (χ4n) is 2.79. The number of ether oxygens (including phenoxy) is 2. The number of anilines is 1. The summed E-state index contributed by atoms with van der Waals surface area (Å²) in [4.78, 5) is 2.41. The zero-order valence-electron chi connectivity index (χ0n) is 16.3. The van der Waals surface area contributed by atoms with E-state index in [2.05, 4.69) is 4.98 Å². The van der Waals surface area contributed by atoms with Crippen LogP contribution in [0.15, 0.2) is 53.4 Å². The maximum absolute atomic E-state index is 14.3. The molecule has 11 heteroatoms. The van der Waals surface area contributed by atoms with E-state index in [1.807, 2.05) is 0 Å². The first kappa shape index (κ1) is 22.3. The van der Waals surface area contributed by atoms with Crippen LogP contribution in [0, 0.1) is 23.4 Å². The average molecular weight is 456 g/mol. The molecule has 0 unspecified atom stereocenters. The molecule has 0 saturated heterocycles. The van der Waals surface area contributed by atoms with Gasteiger partial charge >= 0.3 is 0 Å². The van der Waals surface area contributed by atoms with Gasteiger partial charge in [-0.1, -0.05) is 6.07 Å². The van der Waals surface area contributed by atoms with Crippen LogP contribution in [0.4, 0.5) is 23.4 Å². The van der Waals surface area contributed by atoms with Crippen molar-refractivity contribution >= 4 is 15.8 Å². The number of halogens is 4. The summed E-state index contributed by atoms with van der Waals surface area (Å²) in [6, 6.07) is 8.93. The fourth-order valence-corrected chi connectivity index (χ4v) is 4.24. The van der Waals surface area contributed by atoms with E-state index < -0.39 is 50.7 Å². The van der Waals surface area contributed by atoms with E-state index in [1.54, 1.807) is 0 Å². The lowest BCUT2D eigenvalue weighted by molar-refractivity contribution is 0.391. The van der Waals surface area contributed by atoms with Crippen molar-refractivity contribution < 1.29 is 35.5 Å². The molecule has 31 heavy (non-hydrogen) atoms. The molecule has 0 radical (unpaired) electrons. The molecule has 164 valence electrons. The summed E-state index contributed by atoms with van der Waals surface area (Å²) >= 11 is 0. The lowest BCUT2D eigenvalue weighted by Crippen LogP contribution is -2.32. The molecule has 3 rings (SSSR count). The van der Waals surface area contributed by atoms with Crippen LogP contribution in [0.5, 0.6) is 11.5 Å². The Labute approximate surface area is 175 Å². The number of benzene rings is 2. The van der Waals surface area contributed by atoms with E-state index >= 15 is 0 Å². The van der Waals surface area contributed by atoms with Crippen LogP contribution in [0.25, 0.3) is 0 Å². The molecule has 1 heterocycles. The van der Waals surface area contributed by atoms with E-state index in [-0.39, 0.29) is 5.75 Å². The van der Waals surface area contributed by atoms with E-state index in [1.165, 1.54) is 44.6 Å². The molecule has 0 saturated carbocycles. The highest BCUT2D eigenvalue weighted by molar-refractivity contribution is 7.92. The van der Waals surface area contributed by atoms with Crippen LogP contribution in [-0.4, -0.2) is 27.6 Å². The molecule has 0 spiro atoms. The van der Waals surface area contributed by atoms with Crippen molar-refractivity contribution in [3.8, 4) is 11.5 Å². The van der Waals surface area contributed by atoms with Crippen molar-refractivity contribution in [3.05, 3.63) is 77.5 Å². The van der Waals surface area contributed by atoms with Gasteiger partial charge in [0.05, 0.1) is 20.8 Å². The number of hydrogen-bond donors (Lipinski definition) is 0. The quantitative estimate of drug-likeness (QED) is 0.305. The van der Waals surface area contributed by atoms with Crippen molar-refractivity contribution in [3.63, 3.8) is 0 Å². The standard InChI is InChI=1S/C20H16F4N2O4S/c1-29-13-7-6-12(15(10-13)30-2)11-26(18-5-3-4-17(22)25-18)31(27,28)16-9-8-14(21)19(23)20(16)24/h3-10H,11H2,1-2H3. The molecule has 3 aromatic rings. The number of pyridine rings is 1. The van der Waals surface area contributed by atoms with Gasteiger partial charge in [-0.15, -0.1) is 0 Å². The first-order valence-electron chi connectivity index (χ1n) is 8.68. The van der Waals surface area contributed by atoms with Crippen LogP contribution in [-0.2, 0) is 16.6 Å². The third-order valence-electron chi connectivity index (χ3n) is 4.33. The third kappa shape index (κ3) is 4.41. The van der Waals surface area contributed by atoms with Gasteiger partial charge in [0, 0.05) is 11.6 Å². The van der Waals surface area contributed by atoms with Gasteiger partial charge in [-0.25, -0.2) is 30.9 Å². The molecule has 0 fully saturated rings. The van der Waals surface area contributed by atoms with Crippen molar-refractivity contribution in [1.29, 1.82) is 0 Å². The largest absolute Gasteiger partial charge is 0.497 e. The first-order chi connectivity index (χ1) is 14.7. The number of rotatable bonds is 7. The molecular formula is C20H16F4N2O4S. The lowest BCUT2D eigenvalue weighted by atomic mass is 10.2. The predicted octanol–water partition coefficient (Wildman–Crippen LogP) is 4.05. The summed E-state index contributed by atoms with van der Waals surface area (Å²) in [5.74, 6) is -6.15. The predicted molar refractivity (Wildman–Crippen MR) is 103 cm³/mol. The van der Waals surface area contributed by atoms with Gasteiger partial charge in [-0.2, -0.15) is 4.39 Å². The normalized spacial score (nSPS) is 11.3. The highest BCUT2D eigenvalue weighted by Gasteiger charge is 2.32. The second-order valence-electron chi connectivity index (χ2n) is 6.18. The van der Waals surface area contributed by atoms with Crippen LogP contribution in [0.2, 0.25) is 0 Å². The van der Waals surface area contributed by atoms with Gasteiger partial charge in [-0.3, -0.25) is 0 Å². The highest BCUT2D eigenvalue weighted by Crippen LogP contribution is 2.31. The summed E-state index contributed by atoms with van der Waals surface area (Å²) < 4.78 is 92.5. The molecule has 6 nitrogen and oxygen atoms in total. The minimum absolute atomic E-state index is 0.224. The Kier molecular flexibility index (Phi) is 6.34. The summed E-state index contributed by atoms with van der Waals surface area (Å²) in [6.45, 7) is -0.482. The molecule has 0 aliphatic heterocycles. The van der Waals surface area contributed by atoms with Gasteiger partial charge in [0.15, 0.2) is 17.5 Å². The van der Waals surface area contributed by atoms with Crippen molar-refractivity contribution in [2.45, 2.75) is 11.4 Å². The Morgan fingerprint density at radius 1 is 0.935 bits per heavy atom. The van der Waals surface area contributed by atoms with Gasteiger partial charge < -0.3 is 9.47 Å². The summed E-state index contributed by atoms with van der Waals surface area (Å²) in [5, 5.41) is 0. The topological polar surface area (TPSA) is 68.7 Å². The fraction of sp³-hybridized carbons (Fsp3) is 0.150. The molecule has 0 aliphatic carbocycles. The SMILES string of the molecule is COc1ccc(CN(c2cccc(F)n2)S(=O)(=O)c2ccc(F)c(F)c2F)c(OC)c1.